The Morgan fingerprint density at radius 1 is 1.20 bits per heavy atom. The van der Waals surface area contributed by atoms with E-state index in [-0.39, 0.29) is 19.0 Å². The van der Waals surface area contributed by atoms with Gasteiger partial charge in [-0.15, -0.1) is 0 Å². The minimum Gasteiger partial charge on any atom is -0.491 e. The van der Waals surface area contributed by atoms with E-state index >= 15 is 0 Å². The molecule has 2 aromatic carbocycles. The Kier molecular flexibility index (Phi) is 4.37. The van der Waals surface area contributed by atoms with Crippen LogP contribution in [-0.4, -0.2) is 18.3 Å². The van der Waals surface area contributed by atoms with Crippen LogP contribution in [0, 0.1) is 12.7 Å². The van der Waals surface area contributed by atoms with Gasteiger partial charge in [-0.2, -0.15) is 0 Å². The molecule has 0 spiro atoms. The van der Waals surface area contributed by atoms with Gasteiger partial charge in [0.1, 0.15) is 18.2 Å². The van der Waals surface area contributed by atoms with Crippen LogP contribution in [0.5, 0.6) is 5.75 Å². The maximum Gasteiger partial charge on any atom is 0.126 e. The molecule has 0 aliphatic carbocycles. The van der Waals surface area contributed by atoms with Crippen molar-refractivity contribution in [2.24, 2.45) is 5.73 Å². The first-order valence-electron chi connectivity index (χ1n) is 6.39. The van der Waals surface area contributed by atoms with Crippen LogP contribution in [-0.2, 0) is 5.54 Å². The van der Waals surface area contributed by atoms with E-state index in [1.165, 1.54) is 6.07 Å². The maximum atomic E-state index is 13.2. The molecule has 0 aromatic heterocycles. The van der Waals surface area contributed by atoms with Crippen molar-refractivity contribution in [3.05, 3.63) is 65.5 Å². The number of aliphatic hydroxyl groups is 1. The highest BCUT2D eigenvalue weighted by molar-refractivity contribution is 5.30. The number of halogens is 1. The van der Waals surface area contributed by atoms with Gasteiger partial charge < -0.3 is 15.6 Å². The van der Waals surface area contributed by atoms with Gasteiger partial charge in [0.15, 0.2) is 0 Å². The number of benzene rings is 2. The van der Waals surface area contributed by atoms with Gasteiger partial charge in [0, 0.05) is 0 Å². The topological polar surface area (TPSA) is 55.5 Å². The molecule has 106 valence electrons. The molecule has 0 bridgehead atoms. The van der Waals surface area contributed by atoms with E-state index in [9.17, 15) is 9.50 Å². The highest BCUT2D eigenvalue weighted by Gasteiger charge is 2.27. The summed E-state index contributed by atoms with van der Waals surface area (Å²) in [5, 5.41) is 9.55. The Morgan fingerprint density at radius 3 is 2.50 bits per heavy atom. The van der Waals surface area contributed by atoms with Crippen LogP contribution in [0.25, 0.3) is 0 Å². The largest absolute Gasteiger partial charge is 0.491 e. The summed E-state index contributed by atoms with van der Waals surface area (Å²) in [6.07, 6.45) is 0. The van der Waals surface area contributed by atoms with Crippen molar-refractivity contribution >= 4 is 0 Å². The molecule has 0 saturated carbocycles. The first-order chi connectivity index (χ1) is 9.55. The maximum absolute atomic E-state index is 13.2. The van der Waals surface area contributed by atoms with Gasteiger partial charge in [-0.3, -0.25) is 0 Å². The fraction of sp³-hybridized carbons (Fsp3) is 0.250. The third-order valence-corrected chi connectivity index (χ3v) is 3.26. The molecule has 0 heterocycles. The Hall–Kier alpha value is -1.91. The molecular weight excluding hydrogens is 257 g/mol. The zero-order valence-electron chi connectivity index (χ0n) is 11.3. The monoisotopic (exact) mass is 275 g/mol. The standard InChI is InChI=1S/C16H18FNO2/c1-12-9-14(7-8-15(12)17)20-11-16(18,10-19)13-5-3-2-4-6-13/h2-9,19H,10-11,18H2,1H3. The molecule has 0 fully saturated rings. The van der Waals surface area contributed by atoms with Crippen LogP contribution in [0.15, 0.2) is 48.5 Å². The number of hydrogen-bond donors (Lipinski definition) is 2. The van der Waals surface area contributed by atoms with Gasteiger partial charge in [-0.25, -0.2) is 4.39 Å². The van der Waals surface area contributed by atoms with Crippen LogP contribution >= 0.6 is 0 Å². The average Bonchev–Trinajstić information content (AvgIpc) is 2.49. The van der Waals surface area contributed by atoms with Crippen molar-refractivity contribution in [2.75, 3.05) is 13.2 Å². The lowest BCUT2D eigenvalue weighted by Crippen LogP contribution is -2.46. The summed E-state index contributed by atoms with van der Waals surface area (Å²) in [6.45, 7) is 1.54. The van der Waals surface area contributed by atoms with E-state index in [1.807, 2.05) is 30.3 Å². The van der Waals surface area contributed by atoms with Crippen LogP contribution in [0.2, 0.25) is 0 Å². The van der Waals surface area contributed by atoms with E-state index in [2.05, 4.69) is 0 Å². The second-order valence-electron chi connectivity index (χ2n) is 4.88. The normalized spacial score (nSPS) is 13.8. The third kappa shape index (κ3) is 3.15. The molecule has 2 rings (SSSR count). The molecule has 0 saturated heterocycles. The summed E-state index contributed by atoms with van der Waals surface area (Å²) in [4.78, 5) is 0. The minimum atomic E-state index is -0.983. The van der Waals surface area contributed by atoms with E-state index in [4.69, 9.17) is 10.5 Å². The number of hydrogen-bond acceptors (Lipinski definition) is 3. The highest BCUT2D eigenvalue weighted by atomic mass is 19.1. The van der Waals surface area contributed by atoms with Gasteiger partial charge in [0.25, 0.3) is 0 Å². The lowest BCUT2D eigenvalue weighted by Gasteiger charge is -2.27. The predicted octanol–water partition coefficient (Wildman–Crippen LogP) is 2.36. The predicted molar refractivity (Wildman–Crippen MR) is 76.0 cm³/mol. The molecule has 1 unspecified atom stereocenters. The molecular formula is C16H18FNO2. The zero-order valence-corrected chi connectivity index (χ0v) is 11.3. The average molecular weight is 275 g/mol. The Bertz CT molecular complexity index is 574. The molecule has 0 aliphatic rings. The molecule has 2 aromatic rings. The van der Waals surface area contributed by atoms with Crippen LogP contribution < -0.4 is 10.5 Å². The number of nitrogens with two attached hydrogens (primary N) is 1. The van der Waals surface area contributed by atoms with Crippen molar-refractivity contribution < 1.29 is 14.2 Å². The summed E-state index contributed by atoms with van der Waals surface area (Å²) in [6, 6.07) is 13.8. The van der Waals surface area contributed by atoms with Crippen molar-refractivity contribution in [1.82, 2.24) is 0 Å². The second kappa shape index (κ2) is 6.03. The second-order valence-corrected chi connectivity index (χ2v) is 4.88. The quantitative estimate of drug-likeness (QED) is 0.880. The molecule has 0 amide bonds. The van der Waals surface area contributed by atoms with Crippen LogP contribution in [0.3, 0.4) is 0 Å². The molecule has 3 nitrogen and oxygen atoms in total. The lowest BCUT2D eigenvalue weighted by molar-refractivity contribution is 0.133. The third-order valence-electron chi connectivity index (χ3n) is 3.26. The van der Waals surface area contributed by atoms with Crippen LogP contribution in [0.4, 0.5) is 4.39 Å². The summed E-state index contributed by atoms with van der Waals surface area (Å²) in [7, 11) is 0. The molecule has 3 N–H and O–H groups in total. The number of ether oxygens (including phenoxy) is 1. The summed E-state index contributed by atoms with van der Waals surface area (Å²) in [5.74, 6) is 0.254. The van der Waals surface area contributed by atoms with Crippen molar-refractivity contribution in [2.45, 2.75) is 12.5 Å². The Labute approximate surface area is 117 Å². The van der Waals surface area contributed by atoms with Gasteiger partial charge in [0.2, 0.25) is 0 Å². The first-order valence-corrected chi connectivity index (χ1v) is 6.39. The van der Waals surface area contributed by atoms with E-state index in [0.717, 1.165) is 5.56 Å². The lowest BCUT2D eigenvalue weighted by atomic mass is 9.93. The smallest absolute Gasteiger partial charge is 0.126 e. The van der Waals surface area contributed by atoms with Gasteiger partial charge in [-0.05, 0) is 36.2 Å². The van der Waals surface area contributed by atoms with Gasteiger partial charge in [-0.1, -0.05) is 30.3 Å². The number of rotatable bonds is 5. The summed E-state index contributed by atoms with van der Waals surface area (Å²) in [5.41, 5.74) is 6.50. The number of aryl methyl sites for hydroxylation is 1. The van der Waals surface area contributed by atoms with E-state index in [0.29, 0.717) is 11.3 Å². The Balaban J connectivity index is 2.13. The van der Waals surface area contributed by atoms with Crippen LogP contribution in [0.1, 0.15) is 11.1 Å². The van der Waals surface area contributed by atoms with Gasteiger partial charge in [0.05, 0.1) is 12.1 Å². The van der Waals surface area contributed by atoms with E-state index < -0.39 is 5.54 Å². The highest BCUT2D eigenvalue weighted by Crippen LogP contribution is 2.21. The van der Waals surface area contributed by atoms with Crippen molar-refractivity contribution in [3.8, 4) is 5.75 Å². The fourth-order valence-corrected chi connectivity index (χ4v) is 1.91. The minimum absolute atomic E-state index is 0.110. The number of aliphatic hydroxyl groups excluding tert-OH is 1. The molecule has 4 heteroatoms. The zero-order chi connectivity index (χ0) is 14.6. The fourth-order valence-electron chi connectivity index (χ4n) is 1.91. The molecule has 1 atom stereocenters. The Morgan fingerprint density at radius 2 is 1.90 bits per heavy atom. The summed E-state index contributed by atoms with van der Waals surface area (Å²) < 4.78 is 18.8. The van der Waals surface area contributed by atoms with E-state index in [1.54, 1.807) is 19.1 Å². The molecule has 0 radical (unpaired) electrons. The van der Waals surface area contributed by atoms with Gasteiger partial charge >= 0.3 is 0 Å². The SMILES string of the molecule is Cc1cc(OCC(N)(CO)c2ccccc2)ccc1F. The first kappa shape index (κ1) is 14.5. The van der Waals surface area contributed by atoms with Crippen molar-refractivity contribution in [1.29, 1.82) is 0 Å². The molecule has 0 aliphatic heterocycles. The summed E-state index contributed by atoms with van der Waals surface area (Å²) >= 11 is 0. The molecule has 20 heavy (non-hydrogen) atoms. The van der Waals surface area contributed by atoms with Crippen molar-refractivity contribution in [3.63, 3.8) is 0 Å².